The second-order valence-corrected chi connectivity index (χ2v) is 9.70. The Labute approximate surface area is 214 Å². The summed E-state index contributed by atoms with van der Waals surface area (Å²) in [5.74, 6) is -1.82. The molecule has 0 unspecified atom stereocenters. The van der Waals surface area contributed by atoms with E-state index in [2.05, 4.69) is 4.98 Å². The lowest BCUT2D eigenvalue weighted by molar-refractivity contribution is -0.137. The summed E-state index contributed by atoms with van der Waals surface area (Å²) in [4.78, 5) is 17.8. The van der Waals surface area contributed by atoms with Crippen molar-refractivity contribution in [2.45, 2.75) is 37.9 Å². The number of fused-ring (bicyclic) bond motifs is 1. The Morgan fingerprint density at radius 2 is 1.84 bits per heavy atom. The van der Waals surface area contributed by atoms with E-state index in [-0.39, 0.29) is 41.2 Å². The molecule has 4 aromatic rings. The van der Waals surface area contributed by atoms with Crippen molar-refractivity contribution in [3.8, 4) is 0 Å². The smallest absolute Gasteiger partial charge is 0.360 e. The molecule has 9 heteroatoms. The third-order valence-corrected chi connectivity index (χ3v) is 6.93. The third-order valence-electron chi connectivity index (χ3n) is 6.65. The van der Waals surface area contributed by atoms with Gasteiger partial charge in [-0.2, -0.15) is 13.2 Å². The maximum Gasteiger partial charge on any atom is 0.416 e. The normalized spacial score (nSPS) is 13.8. The fourth-order valence-corrected chi connectivity index (χ4v) is 4.71. The van der Waals surface area contributed by atoms with E-state index >= 15 is 4.39 Å². The minimum atomic E-state index is -4.51. The van der Waals surface area contributed by atoms with Crippen LogP contribution in [0.1, 0.15) is 51.4 Å². The van der Waals surface area contributed by atoms with E-state index < -0.39 is 29.3 Å². The van der Waals surface area contributed by atoms with Gasteiger partial charge >= 0.3 is 6.18 Å². The van der Waals surface area contributed by atoms with Crippen molar-refractivity contribution in [3.05, 3.63) is 105 Å². The number of nitrogens with zero attached hydrogens (tertiary/aromatic N) is 1. The van der Waals surface area contributed by atoms with Gasteiger partial charge in [0.05, 0.1) is 16.1 Å². The summed E-state index contributed by atoms with van der Waals surface area (Å²) >= 11 is 6.04. The highest BCUT2D eigenvalue weighted by Crippen LogP contribution is 2.40. The molecule has 1 amide bonds. The fourth-order valence-electron chi connectivity index (χ4n) is 4.49. The first-order valence-electron chi connectivity index (χ1n) is 11.8. The predicted octanol–water partition coefficient (Wildman–Crippen LogP) is 7.88. The number of hydrogen-bond donors (Lipinski definition) is 1. The van der Waals surface area contributed by atoms with E-state index in [0.29, 0.717) is 16.9 Å². The topological polar surface area (TPSA) is 36.1 Å². The molecule has 1 N–H and O–H groups in total. The van der Waals surface area contributed by atoms with Crippen molar-refractivity contribution in [3.63, 3.8) is 0 Å². The van der Waals surface area contributed by atoms with Crippen LogP contribution in [0.5, 0.6) is 0 Å². The third kappa shape index (κ3) is 5.34. The summed E-state index contributed by atoms with van der Waals surface area (Å²) in [5.41, 5.74) is 0.587. The Kier molecular flexibility index (Phi) is 6.70. The summed E-state index contributed by atoms with van der Waals surface area (Å²) in [6.45, 7) is -0.263. The average Bonchev–Trinajstić information content (AvgIpc) is 3.61. The van der Waals surface area contributed by atoms with Gasteiger partial charge < -0.3 is 9.88 Å². The van der Waals surface area contributed by atoms with E-state index in [1.54, 1.807) is 18.3 Å². The van der Waals surface area contributed by atoms with Gasteiger partial charge in [0.15, 0.2) is 5.82 Å². The SMILES string of the molecule is O=C(c1c(F)c(Cl)cc2cc[nH]c12)N(CCc1cccc(C(F)(F)F)c1)Cc1ccc(C2CC2)cc1F. The number of benzene rings is 3. The van der Waals surface area contributed by atoms with Crippen LogP contribution in [0.2, 0.25) is 5.02 Å². The van der Waals surface area contributed by atoms with Crippen molar-refractivity contribution in [1.82, 2.24) is 9.88 Å². The molecule has 1 fully saturated rings. The highest BCUT2D eigenvalue weighted by Gasteiger charge is 2.31. The van der Waals surface area contributed by atoms with Gasteiger partial charge in [-0.1, -0.05) is 41.9 Å². The van der Waals surface area contributed by atoms with Gasteiger partial charge in [-0.05, 0) is 60.6 Å². The zero-order valence-electron chi connectivity index (χ0n) is 19.5. The van der Waals surface area contributed by atoms with Crippen molar-refractivity contribution in [2.75, 3.05) is 6.54 Å². The number of carbonyl (C=O) groups excluding carboxylic acids is 1. The van der Waals surface area contributed by atoms with Gasteiger partial charge in [0.25, 0.3) is 5.91 Å². The Hall–Kier alpha value is -3.39. The van der Waals surface area contributed by atoms with Gasteiger partial charge in [-0.3, -0.25) is 4.79 Å². The molecule has 192 valence electrons. The molecule has 3 aromatic carbocycles. The van der Waals surface area contributed by atoms with Crippen LogP contribution in [0, 0.1) is 11.6 Å². The van der Waals surface area contributed by atoms with E-state index in [0.717, 1.165) is 30.5 Å². The van der Waals surface area contributed by atoms with Gasteiger partial charge in [-0.15, -0.1) is 0 Å². The number of alkyl halides is 3. The number of rotatable bonds is 7. The second kappa shape index (κ2) is 9.82. The lowest BCUT2D eigenvalue weighted by Gasteiger charge is -2.24. The van der Waals surface area contributed by atoms with Crippen LogP contribution >= 0.6 is 11.6 Å². The fraction of sp³-hybridized carbons (Fsp3) is 0.250. The number of carbonyl (C=O) groups is 1. The molecule has 3 nitrogen and oxygen atoms in total. The van der Waals surface area contributed by atoms with Crippen molar-refractivity contribution < 1.29 is 26.7 Å². The number of H-pyrrole nitrogens is 1. The number of nitrogens with one attached hydrogen (secondary N) is 1. The van der Waals surface area contributed by atoms with Crippen LogP contribution in [-0.4, -0.2) is 22.3 Å². The Balaban J connectivity index is 1.48. The molecule has 0 aliphatic heterocycles. The summed E-state index contributed by atoms with van der Waals surface area (Å²) < 4.78 is 69.7. The zero-order valence-corrected chi connectivity index (χ0v) is 20.3. The maximum absolute atomic E-state index is 15.1. The first-order valence-corrected chi connectivity index (χ1v) is 12.2. The molecular formula is C28H22ClF5N2O. The molecule has 37 heavy (non-hydrogen) atoms. The summed E-state index contributed by atoms with van der Waals surface area (Å²) in [6, 6.07) is 12.7. The van der Waals surface area contributed by atoms with Gasteiger partial charge in [0.1, 0.15) is 11.4 Å². The van der Waals surface area contributed by atoms with Crippen molar-refractivity contribution >= 4 is 28.4 Å². The van der Waals surface area contributed by atoms with Crippen molar-refractivity contribution in [2.24, 2.45) is 0 Å². The van der Waals surface area contributed by atoms with E-state index in [1.165, 1.54) is 29.2 Å². The first kappa shape index (κ1) is 25.3. The molecule has 0 spiro atoms. The lowest BCUT2D eigenvalue weighted by atomic mass is 10.0. The number of hydrogen-bond acceptors (Lipinski definition) is 1. The van der Waals surface area contributed by atoms with Gasteiger partial charge in [0.2, 0.25) is 0 Å². The highest BCUT2D eigenvalue weighted by molar-refractivity contribution is 6.32. The van der Waals surface area contributed by atoms with E-state index in [4.69, 9.17) is 11.6 Å². The monoisotopic (exact) mass is 532 g/mol. The Morgan fingerprint density at radius 3 is 2.54 bits per heavy atom. The molecule has 1 heterocycles. The van der Waals surface area contributed by atoms with Crippen LogP contribution in [-0.2, 0) is 19.1 Å². The van der Waals surface area contributed by atoms with Crippen LogP contribution in [0.15, 0.2) is 60.8 Å². The largest absolute Gasteiger partial charge is 0.416 e. The zero-order chi connectivity index (χ0) is 26.3. The number of halogens is 6. The van der Waals surface area contributed by atoms with Crippen LogP contribution in [0.25, 0.3) is 10.9 Å². The Morgan fingerprint density at radius 1 is 1.05 bits per heavy atom. The number of amides is 1. The van der Waals surface area contributed by atoms with Crippen LogP contribution in [0.4, 0.5) is 22.0 Å². The quantitative estimate of drug-likeness (QED) is 0.241. The summed E-state index contributed by atoms with van der Waals surface area (Å²) in [6.07, 6.45) is -0.920. The average molecular weight is 533 g/mol. The molecular weight excluding hydrogens is 511 g/mol. The maximum atomic E-state index is 15.1. The predicted molar refractivity (Wildman–Crippen MR) is 132 cm³/mol. The molecule has 0 bridgehead atoms. The molecule has 0 saturated heterocycles. The Bertz CT molecular complexity index is 1480. The summed E-state index contributed by atoms with van der Waals surface area (Å²) in [5, 5.41) is 0.279. The minimum absolute atomic E-state index is 0.0491. The van der Waals surface area contributed by atoms with Gasteiger partial charge in [-0.25, -0.2) is 8.78 Å². The van der Waals surface area contributed by atoms with E-state index in [1.807, 2.05) is 6.07 Å². The molecule has 0 radical (unpaired) electrons. The standard InChI is InChI=1S/C28H22ClF5N2O/c29-22-13-19-8-10-35-26(19)24(25(22)31)27(37)36(11-9-16-2-1-3-21(12-16)28(32,33)34)15-20-7-6-18(14-23(20)30)17-4-5-17/h1-3,6-8,10,12-14,17,35H,4-5,9,11,15H2. The van der Waals surface area contributed by atoms with Crippen molar-refractivity contribution in [1.29, 1.82) is 0 Å². The van der Waals surface area contributed by atoms with Crippen LogP contribution < -0.4 is 0 Å². The number of aromatic nitrogens is 1. The van der Waals surface area contributed by atoms with Crippen LogP contribution in [0.3, 0.4) is 0 Å². The molecule has 1 aliphatic carbocycles. The highest BCUT2D eigenvalue weighted by atomic mass is 35.5. The minimum Gasteiger partial charge on any atom is -0.360 e. The molecule has 1 aromatic heterocycles. The lowest BCUT2D eigenvalue weighted by Crippen LogP contribution is -2.33. The van der Waals surface area contributed by atoms with E-state index in [9.17, 15) is 22.4 Å². The first-order chi connectivity index (χ1) is 17.6. The summed E-state index contributed by atoms with van der Waals surface area (Å²) in [7, 11) is 0. The molecule has 5 rings (SSSR count). The molecule has 1 saturated carbocycles. The second-order valence-electron chi connectivity index (χ2n) is 9.29. The van der Waals surface area contributed by atoms with Gasteiger partial charge in [0, 0.05) is 30.2 Å². The number of aromatic amines is 1. The molecule has 1 aliphatic rings. The molecule has 0 atom stereocenters.